The normalized spacial score (nSPS) is 12.1. The predicted molar refractivity (Wildman–Crippen MR) is 205 cm³/mol. The van der Waals surface area contributed by atoms with Gasteiger partial charge in [-0.15, -0.1) is 0 Å². The van der Waals surface area contributed by atoms with Gasteiger partial charge in [0.2, 0.25) is 0 Å². The SMILES string of the molecule is c1ccc(-c2ccc(-n3c4ccccc4c4cc5c6ccccc6n(-c6cccc7oc8cc9ccccc9cc8c67)c5cc43)cc2)cc1. The summed E-state index contributed by atoms with van der Waals surface area (Å²) in [5.74, 6) is 0. The van der Waals surface area contributed by atoms with Crippen LogP contribution in [0.4, 0.5) is 0 Å². The molecule has 3 heterocycles. The summed E-state index contributed by atoms with van der Waals surface area (Å²) < 4.78 is 11.4. The van der Waals surface area contributed by atoms with Crippen molar-refractivity contribution in [3.8, 4) is 22.5 Å². The molecule has 0 aliphatic carbocycles. The summed E-state index contributed by atoms with van der Waals surface area (Å²) in [6.45, 7) is 0. The molecule has 0 saturated carbocycles. The molecule has 11 rings (SSSR count). The molecule has 0 atom stereocenters. The van der Waals surface area contributed by atoms with E-state index in [9.17, 15) is 0 Å². The maximum atomic E-state index is 6.53. The molecule has 0 bridgehead atoms. The van der Waals surface area contributed by atoms with Gasteiger partial charge in [-0.3, -0.25) is 0 Å². The highest BCUT2D eigenvalue weighted by molar-refractivity contribution is 6.21. The molecule has 8 aromatic carbocycles. The molecular weight excluding hydrogens is 597 g/mol. The van der Waals surface area contributed by atoms with Crippen LogP contribution in [0.25, 0.3) is 98.8 Å². The zero-order valence-electron chi connectivity index (χ0n) is 26.5. The fourth-order valence-electron chi connectivity index (χ4n) is 8.08. The van der Waals surface area contributed by atoms with Gasteiger partial charge in [0.25, 0.3) is 0 Å². The van der Waals surface area contributed by atoms with E-state index >= 15 is 0 Å². The van der Waals surface area contributed by atoms with Crippen molar-refractivity contribution in [2.45, 2.75) is 0 Å². The van der Waals surface area contributed by atoms with Crippen LogP contribution in [0.15, 0.2) is 174 Å². The predicted octanol–water partition coefficient (Wildman–Crippen LogP) is 12.6. The van der Waals surface area contributed by atoms with Gasteiger partial charge >= 0.3 is 0 Å². The van der Waals surface area contributed by atoms with Crippen molar-refractivity contribution in [1.82, 2.24) is 9.13 Å². The van der Waals surface area contributed by atoms with E-state index in [-0.39, 0.29) is 0 Å². The van der Waals surface area contributed by atoms with Crippen molar-refractivity contribution in [2.24, 2.45) is 0 Å². The Labute approximate surface area is 281 Å². The van der Waals surface area contributed by atoms with Gasteiger partial charge < -0.3 is 13.6 Å². The first-order valence-corrected chi connectivity index (χ1v) is 16.8. The average Bonchev–Trinajstić information content (AvgIpc) is 3.80. The van der Waals surface area contributed by atoms with E-state index in [2.05, 4.69) is 179 Å². The number of fused-ring (bicyclic) bond motifs is 10. The number of furan rings is 1. The number of hydrogen-bond acceptors (Lipinski definition) is 1. The molecule has 49 heavy (non-hydrogen) atoms. The fraction of sp³-hybridized carbons (Fsp3) is 0. The van der Waals surface area contributed by atoms with Crippen molar-refractivity contribution in [2.75, 3.05) is 0 Å². The van der Waals surface area contributed by atoms with Crippen LogP contribution >= 0.6 is 0 Å². The number of rotatable bonds is 3. The minimum absolute atomic E-state index is 0.891. The van der Waals surface area contributed by atoms with Crippen LogP contribution in [0.2, 0.25) is 0 Å². The molecule has 0 aliphatic heterocycles. The topological polar surface area (TPSA) is 23.0 Å². The van der Waals surface area contributed by atoms with E-state index in [0.29, 0.717) is 0 Å². The molecule has 3 aromatic heterocycles. The molecule has 3 nitrogen and oxygen atoms in total. The summed E-state index contributed by atoms with van der Waals surface area (Å²) in [4.78, 5) is 0. The standard InChI is InChI=1S/C46H28N2O/c1-2-11-29(12-3-1)30-21-23-33(24-22-30)47-39-17-8-6-15-34(39)36-27-37-35-16-7-9-18-40(35)48(43(37)28-42(36)47)41-19-10-20-44-46(41)38-25-31-13-4-5-14-32(31)26-45(38)49-44/h1-28H. The van der Waals surface area contributed by atoms with Crippen molar-refractivity contribution >= 4 is 76.3 Å². The second-order valence-corrected chi connectivity index (χ2v) is 13.0. The summed E-state index contributed by atoms with van der Waals surface area (Å²) in [6, 6.07) is 61.3. The third kappa shape index (κ3) is 3.78. The van der Waals surface area contributed by atoms with Crippen LogP contribution in [-0.4, -0.2) is 9.13 Å². The van der Waals surface area contributed by atoms with Crippen molar-refractivity contribution in [3.63, 3.8) is 0 Å². The first kappa shape index (κ1) is 26.5. The van der Waals surface area contributed by atoms with Crippen molar-refractivity contribution in [3.05, 3.63) is 170 Å². The lowest BCUT2D eigenvalue weighted by molar-refractivity contribution is 0.669. The molecule has 0 aliphatic rings. The monoisotopic (exact) mass is 624 g/mol. The number of hydrogen-bond donors (Lipinski definition) is 0. The van der Waals surface area contributed by atoms with Gasteiger partial charge in [-0.05, 0) is 82.6 Å². The molecule has 11 aromatic rings. The van der Waals surface area contributed by atoms with Crippen molar-refractivity contribution in [1.29, 1.82) is 0 Å². The zero-order valence-corrected chi connectivity index (χ0v) is 26.5. The number of aromatic nitrogens is 2. The fourth-order valence-corrected chi connectivity index (χ4v) is 8.08. The molecule has 0 fully saturated rings. The number of benzene rings is 8. The summed E-state index contributed by atoms with van der Waals surface area (Å²) in [6.07, 6.45) is 0. The van der Waals surface area contributed by atoms with Gasteiger partial charge in [0, 0.05) is 32.6 Å². The molecule has 228 valence electrons. The minimum Gasteiger partial charge on any atom is -0.456 e. The lowest BCUT2D eigenvalue weighted by atomic mass is 10.0. The Morgan fingerprint density at radius 2 is 0.959 bits per heavy atom. The third-order valence-corrected chi connectivity index (χ3v) is 10.3. The van der Waals surface area contributed by atoms with Gasteiger partial charge in [-0.1, -0.05) is 109 Å². The summed E-state index contributed by atoms with van der Waals surface area (Å²) in [7, 11) is 0. The van der Waals surface area contributed by atoms with Crippen LogP contribution in [-0.2, 0) is 0 Å². The van der Waals surface area contributed by atoms with Gasteiger partial charge in [0.15, 0.2) is 0 Å². The lowest BCUT2D eigenvalue weighted by Crippen LogP contribution is -1.96. The van der Waals surface area contributed by atoms with Gasteiger partial charge in [0.1, 0.15) is 11.2 Å². The highest BCUT2D eigenvalue weighted by Crippen LogP contribution is 2.42. The Bertz CT molecular complexity index is 3090. The summed E-state index contributed by atoms with van der Waals surface area (Å²) in [5, 5.41) is 9.61. The van der Waals surface area contributed by atoms with Crippen LogP contribution < -0.4 is 0 Å². The Morgan fingerprint density at radius 3 is 1.71 bits per heavy atom. The second kappa shape index (κ2) is 9.96. The Kier molecular flexibility index (Phi) is 5.38. The number of nitrogens with zero attached hydrogens (tertiary/aromatic N) is 2. The molecular formula is C46H28N2O. The van der Waals surface area contributed by atoms with E-state index in [0.717, 1.165) is 33.3 Å². The van der Waals surface area contributed by atoms with Crippen LogP contribution in [0, 0.1) is 0 Å². The molecule has 0 saturated heterocycles. The van der Waals surface area contributed by atoms with Gasteiger partial charge in [-0.2, -0.15) is 0 Å². The second-order valence-electron chi connectivity index (χ2n) is 13.0. The largest absolute Gasteiger partial charge is 0.456 e. The smallest absolute Gasteiger partial charge is 0.137 e. The average molecular weight is 625 g/mol. The number of para-hydroxylation sites is 2. The molecule has 0 unspecified atom stereocenters. The minimum atomic E-state index is 0.891. The Hall–Kier alpha value is -6.58. The van der Waals surface area contributed by atoms with Crippen LogP contribution in [0.5, 0.6) is 0 Å². The Morgan fingerprint density at radius 1 is 0.347 bits per heavy atom. The van der Waals surface area contributed by atoms with E-state index in [4.69, 9.17) is 4.42 Å². The molecule has 0 amide bonds. The molecule has 3 heteroatoms. The van der Waals surface area contributed by atoms with Gasteiger partial charge in [0.05, 0.1) is 33.1 Å². The molecule has 0 spiro atoms. The van der Waals surface area contributed by atoms with E-state index in [1.165, 1.54) is 65.5 Å². The summed E-state index contributed by atoms with van der Waals surface area (Å²) in [5.41, 5.74) is 11.2. The maximum absolute atomic E-state index is 6.53. The Balaban J connectivity index is 1.23. The maximum Gasteiger partial charge on any atom is 0.137 e. The highest BCUT2D eigenvalue weighted by atomic mass is 16.3. The quantitative estimate of drug-likeness (QED) is 0.192. The van der Waals surface area contributed by atoms with Gasteiger partial charge in [-0.25, -0.2) is 0 Å². The molecule has 0 radical (unpaired) electrons. The first-order valence-electron chi connectivity index (χ1n) is 16.8. The van der Waals surface area contributed by atoms with E-state index < -0.39 is 0 Å². The molecule has 0 N–H and O–H groups in total. The highest BCUT2D eigenvalue weighted by Gasteiger charge is 2.21. The summed E-state index contributed by atoms with van der Waals surface area (Å²) >= 11 is 0. The zero-order chi connectivity index (χ0) is 32.1. The third-order valence-electron chi connectivity index (χ3n) is 10.3. The van der Waals surface area contributed by atoms with Crippen LogP contribution in [0.1, 0.15) is 0 Å². The van der Waals surface area contributed by atoms with Crippen molar-refractivity contribution < 1.29 is 4.42 Å². The van der Waals surface area contributed by atoms with E-state index in [1.54, 1.807) is 0 Å². The van der Waals surface area contributed by atoms with E-state index in [1.807, 2.05) is 0 Å². The first-order chi connectivity index (χ1) is 24.3. The lowest BCUT2D eigenvalue weighted by Gasteiger charge is -2.12. The van der Waals surface area contributed by atoms with Crippen LogP contribution in [0.3, 0.4) is 0 Å².